The fourth-order valence-corrected chi connectivity index (χ4v) is 7.94. The first-order valence-corrected chi connectivity index (χ1v) is 14.9. The van der Waals surface area contributed by atoms with Crippen LogP contribution in [0.1, 0.15) is 5.69 Å². The second kappa shape index (κ2) is 11.3. The third-order valence-electron chi connectivity index (χ3n) is 5.93. The average molecular weight is 618 g/mol. The van der Waals surface area contributed by atoms with E-state index >= 15 is 0 Å². The van der Waals surface area contributed by atoms with Crippen molar-refractivity contribution >= 4 is 84.9 Å². The van der Waals surface area contributed by atoms with Gasteiger partial charge < -0.3 is 26.1 Å². The lowest BCUT2D eigenvalue weighted by atomic mass is 10.0. The number of allylic oxidation sites excluding steroid dienone is 1. The highest BCUT2D eigenvalue weighted by atomic mass is 32.2. The van der Waals surface area contributed by atoms with Gasteiger partial charge in [-0.15, -0.1) is 34.4 Å². The van der Waals surface area contributed by atoms with E-state index in [1.165, 1.54) is 46.3 Å². The zero-order valence-electron chi connectivity index (χ0n) is 20.4. The summed E-state index contributed by atoms with van der Waals surface area (Å²) in [4.78, 5) is 55.3. The number of rotatable bonds is 8. The van der Waals surface area contributed by atoms with Gasteiger partial charge in [-0.25, -0.2) is 9.78 Å². The summed E-state index contributed by atoms with van der Waals surface area (Å²) >= 11 is 4.98. The number of aliphatic carboxylic acids is 1. The third kappa shape index (κ3) is 5.17. The number of aromatic nitrogens is 1. The fourth-order valence-electron chi connectivity index (χ4n) is 4.07. The Hall–Kier alpha value is -3.86. The number of carboxylic acid groups (broad SMARTS) is 1. The van der Waals surface area contributed by atoms with Gasteiger partial charge in [0.2, 0.25) is 0 Å². The van der Waals surface area contributed by atoms with Crippen LogP contribution in [0.15, 0.2) is 66.6 Å². The number of nitrogens with zero attached hydrogens (tertiary/aromatic N) is 3. The number of anilines is 1. The molecule has 1 aromatic carbocycles. The number of oxime groups is 1. The molecule has 12 nitrogen and oxygen atoms in total. The number of β-lactam (4-membered cyclic amide) rings is 1. The van der Waals surface area contributed by atoms with E-state index in [0.717, 1.165) is 20.9 Å². The first-order chi connectivity index (χ1) is 19.2. The average Bonchev–Trinajstić information content (AvgIpc) is 3.36. The molecule has 2 aromatic heterocycles. The van der Waals surface area contributed by atoms with Gasteiger partial charge in [0, 0.05) is 27.3 Å². The molecular weight excluding hydrogens is 599 g/mol. The zero-order chi connectivity index (χ0) is 28.6. The maximum atomic E-state index is 12.9. The quantitative estimate of drug-likeness (QED) is 0.0957. The molecule has 0 aliphatic carbocycles. The molecule has 0 saturated carbocycles. The first kappa shape index (κ1) is 27.7. The van der Waals surface area contributed by atoms with Crippen LogP contribution in [-0.4, -0.2) is 68.0 Å². The molecule has 40 heavy (non-hydrogen) atoms. The maximum absolute atomic E-state index is 12.9. The van der Waals surface area contributed by atoms with Crippen molar-refractivity contribution in [3.05, 3.63) is 68.3 Å². The number of hydrogen-bond donors (Lipinski definition) is 4. The summed E-state index contributed by atoms with van der Waals surface area (Å²) in [6.07, 6.45) is 1.60. The Bertz CT molecular complexity index is 1700. The summed E-state index contributed by atoms with van der Waals surface area (Å²) in [7, 11) is 1.55. The number of fused-ring (bicyclic) bond motifs is 2. The Balaban J connectivity index is 1.32. The van der Waals surface area contributed by atoms with Gasteiger partial charge in [0.1, 0.15) is 28.6 Å². The number of methoxy groups -OCH3 is 1. The number of benzene rings is 1. The molecule has 16 heteroatoms. The van der Waals surface area contributed by atoms with E-state index in [1.54, 1.807) is 36.8 Å². The molecule has 206 valence electrons. The van der Waals surface area contributed by atoms with Crippen molar-refractivity contribution in [1.82, 2.24) is 15.2 Å². The molecule has 0 radical (unpaired) electrons. The van der Waals surface area contributed by atoms with Crippen molar-refractivity contribution in [3.63, 3.8) is 0 Å². The number of nitrogens with one attached hydrogen (secondary N) is 1. The summed E-state index contributed by atoms with van der Waals surface area (Å²) < 4.78 is 6.70. The van der Waals surface area contributed by atoms with E-state index in [4.69, 9.17) is 10.5 Å². The van der Waals surface area contributed by atoms with Gasteiger partial charge in [0.25, 0.3) is 11.8 Å². The number of nitrogen functional groups attached to an aromatic ring is 1. The van der Waals surface area contributed by atoms with E-state index in [9.17, 15) is 29.5 Å². The molecule has 5 rings (SSSR count). The largest absolute Gasteiger partial charge is 0.497 e. The van der Waals surface area contributed by atoms with Gasteiger partial charge in [-0.1, -0.05) is 16.9 Å². The Labute approximate surface area is 242 Å². The van der Waals surface area contributed by atoms with Crippen molar-refractivity contribution in [1.29, 1.82) is 0 Å². The topological polar surface area (TPSA) is 185 Å². The van der Waals surface area contributed by atoms with E-state index < -0.39 is 34.9 Å². The molecule has 1 unspecified atom stereocenters. The van der Waals surface area contributed by atoms with Crippen LogP contribution in [0.2, 0.25) is 0 Å². The minimum Gasteiger partial charge on any atom is -0.497 e. The van der Waals surface area contributed by atoms with Crippen LogP contribution in [0.25, 0.3) is 10.1 Å². The van der Waals surface area contributed by atoms with Crippen LogP contribution in [0.4, 0.5) is 5.13 Å². The SMILES string of the molecule is COc1ccc2c(=O)cc(SC=CC3=C(C(=O)O)N4C(=O)C(NC(=O)C(=NO)c5csc(N)n5)[C@@H]4SC3)sc2c1. The second-order valence-corrected chi connectivity index (χ2v) is 12.6. The zero-order valence-corrected chi connectivity index (χ0v) is 23.7. The van der Waals surface area contributed by atoms with Crippen LogP contribution >= 0.6 is 46.2 Å². The first-order valence-electron chi connectivity index (χ1n) is 11.3. The van der Waals surface area contributed by atoms with Gasteiger partial charge in [-0.2, -0.15) is 0 Å². The normalized spacial score (nSPS) is 19.1. The van der Waals surface area contributed by atoms with E-state index in [1.807, 2.05) is 0 Å². The van der Waals surface area contributed by atoms with Crippen LogP contribution in [0.5, 0.6) is 5.75 Å². The molecule has 3 aromatic rings. The minimum absolute atomic E-state index is 0.0500. The third-order valence-corrected chi connectivity index (χ3v) is 9.95. The molecule has 2 amide bonds. The number of thiazole rings is 1. The lowest BCUT2D eigenvalue weighted by Crippen LogP contribution is -2.71. The molecule has 4 heterocycles. The molecule has 0 spiro atoms. The van der Waals surface area contributed by atoms with Crippen molar-refractivity contribution in [2.24, 2.45) is 5.16 Å². The molecule has 0 bridgehead atoms. The van der Waals surface area contributed by atoms with Crippen molar-refractivity contribution < 1.29 is 29.4 Å². The van der Waals surface area contributed by atoms with Crippen molar-refractivity contribution in [2.45, 2.75) is 15.6 Å². The number of ether oxygens (including phenoxy) is 1. The standard InChI is InChI=1S/C24H19N5O7S4/c1-36-11-2-3-12-14(30)7-16(40-15(12)6-11)37-5-4-10-8-38-22-18(21(32)29(22)19(10)23(33)34)27-20(31)17(28-35)13-9-39-24(25)26-13/h2-7,9,18,22,35H,8H2,1H3,(H2,25,26)(H,27,31)(H,33,34)/t18?,22-/m0/s1. The molecule has 2 aliphatic rings. The van der Waals surface area contributed by atoms with E-state index in [2.05, 4.69) is 15.5 Å². The Morgan fingerprint density at radius 2 is 2.12 bits per heavy atom. The van der Waals surface area contributed by atoms with E-state index in [-0.39, 0.29) is 27.7 Å². The molecule has 1 saturated heterocycles. The molecule has 5 N–H and O–H groups in total. The highest BCUT2D eigenvalue weighted by Gasteiger charge is 2.54. The number of carboxylic acids is 1. The minimum atomic E-state index is -1.29. The lowest BCUT2D eigenvalue weighted by molar-refractivity contribution is -0.150. The lowest BCUT2D eigenvalue weighted by Gasteiger charge is -2.49. The summed E-state index contributed by atoms with van der Waals surface area (Å²) in [6.45, 7) is 0. The smallest absolute Gasteiger partial charge is 0.352 e. The number of nitrogens with two attached hydrogens (primary N) is 1. The van der Waals surface area contributed by atoms with Gasteiger partial charge >= 0.3 is 5.97 Å². The number of amides is 2. The summed E-state index contributed by atoms with van der Waals surface area (Å²) in [5.74, 6) is -1.85. The van der Waals surface area contributed by atoms with Crippen molar-refractivity contribution in [2.75, 3.05) is 18.6 Å². The number of hydrogen-bond acceptors (Lipinski definition) is 13. The summed E-state index contributed by atoms with van der Waals surface area (Å²) in [6, 6.07) is 5.71. The molecule has 2 aliphatic heterocycles. The summed E-state index contributed by atoms with van der Waals surface area (Å²) in [5, 5.41) is 27.9. The van der Waals surface area contributed by atoms with Gasteiger partial charge in [0.05, 0.1) is 11.3 Å². The van der Waals surface area contributed by atoms with Crippen LogP contribution in [0, 0.1) is 0 Å². The van der Waals surface area contributed by atoms with Crippen LogP contribution in [0.3, 0.4) is 0 Å². The molecule has 1 fully saturated rings. The predicted octanol–water partition coefficient (Wildman–Crippen LogP) is 2.53. The highest BCUT2D eigenvalue weighted by molar-refractivity contribution is 8.04. The Kier molecular flexibility index (Phi) is 7.84. The monoisotopic (exact) mass is 617 g/mol. The predicted molar refractivity (Wildman–Crippen MR) is 154 cm³/mol. The molecule has 2 atom stereocenters. The summed E-state index contributed by atoms with van der Waals surface area (Å²) in [5.41, 5.74) is 5.29. The Morgan fingerprint density at radius 3 is 2.80 bits per heavy atom. The number of thioether (sulfide) groups is 2. The second-order valence-electron chi connectivity index (χ2n) is 8.27. The molecular formula is C24H19N5O7S4. The highest BCUT2D eigenvalue weighted by Crippen LogP contribution is 2.41. The fraction of sp³-hybridized carbons (Fsp3) is 0.167. The van der Waals surface area contributed by atoms with Gasteiger partial charge in [0.15, 0.2) is 16.3 Å². The van der Waals surface area contributed by atoms with E-state index in [0.29, 0.717) is 20.9 Å². The van der Waals surface area contributed by atoms with Crippen molar-refractivity contribution in [3.8, 4) is 5.75 Å². The van der Waals surface area contributed by atoms with Crippen LogP contribution < -0.4 is 21.2 Å². The van der Waals surface area contributed by atoms with Gasteiger partial charge in [-0.05, 0) is 35.3 Å². The maximum Gasteiger partial charge on any atom is 0.352 e. The Morgan fingerprint density at radius 1 is 1.32 bits per heavy atom. The number of carbonyl (C=O) groups excluding carboxylic acids is 2. The van der Waals surface area contributed by atoms with Gasteiger partial charge in [-0.3, -0.25) is 19.3 Å². The van der Waals surface area contributed by atoms with Crippen LogP contribution in [-0.2, 0) is 14.4 Å². The number of carbonyl (C=O) groups is 3.